The first-order chi connectivity index (χ1) is 14.6. The predicted molar refractivity (Wildman–Crippen MR) is 110 cm³/mol. The zero-order valence-corrected chi connectivity index (χ0v) is 16.2. The third-order valence-corrected chi connectivity index (χ3v) is 4.44. The molecule has 0 saturated carbocycles. The van der Waals surface area contributed by atoms with Crippen molar-refractivity contribution in [2.24, 2.45) is 0 Å². The van der Waals surface area contributed by atoms with Gasteiger partial charge in [0.1, 0.15) is 11.4 Å². The summed E-state index contributed by atoms with van der Waals surface area (Å²) in [5.74, 6) is -0.252. The second-order valence-electron chi connectivity index (χ2n) is 6.25. The van der Waals surface area contributed by atoms with Crippen LogP contribution in [-0.4, -0.2) is 45.9 Å². The van der Waals surface area contributed by atoms with Crippen LogP contribution in [0.5, 0.6) is 5.75 Å². The van der Waals surface area contributed by atoms with Crippen LogP contribution in [0.1, 0.15) is 16.1 Å². The average molecular weight is 403 g/mol. The molecular weight excluding hydrogens is 386 g/mol. The Hall–Kier alpha value is -4.27. The van der Waals surface area contributed by atoms with Gasteiger partial charge in [-0.25, -0.2) is 9.78 Å². The van der Waals surface area contributed by atoms with Crippen LogP contribution in [0, 0.1) is 0 Å². The number of nitrogens with zero attached hydrogens (tertiary/aromatic N) is 4. The largest absolute Gasteiger partial charge is 0.497 e. The maximum atomic E-state index is 12.4. The van der Waals surface area contributed by atoms with E-state index in [0.717, 1.165) is 10.9 Å². The summed E-state index contributed by atoms with van der Waals surface area (Å²) in [6, 6.07) is 12.1. The van der Waals surface area contributed by atoms with Crippen molar-refractivity contribution < 1.29 is 19.1 Å². The number of aromatic nitrogens is 4. The van der Waals surface area contributed by atoms with Crippen molar-refractivity contribution in [3.05, 3.63) is 66.0 Å². The third-order valence-electron chi connectivity index (χ3n) is 4.44. The van der Waals surface area contributed by atoms with Gasteiger partial charge in [0, 0.05) is 17.7 Å². The van der Waals surface area contributed by atoms with Crippen LogP contribution in [0.2, 0.25) is 0 Å². The Morgan fingerprint density at radius 1 is 1.13 bits per heavy atom. The summed E-state index contributed by atoms with van der Waals surface area (Å²) >= 11 is 0. The number of amides is 1. The van der Waals surface area contributed by atoms with Crippen molar-refractivity contribution in [1.29, 1.82) is 0 Å². The summed E-state index contributed by atoms with van der Waals surface area (Å²) in [6.07, 6.45) is 4.51. The molecule has 0 aliphatic carbocycles. The highest BCUT2D eigenvalue weighted by Gasteiger charge is 2.13. The molecule has 2 heterocycles. The standard InChI is InChI=1S/C21H17N5O4/c1-29-14-7-9-18-13(11-14)12-22-20-17(24-25-26(18)20)8-10-19(27)23-16-6-4-3-5-15(16)21(28)30-2/h3-12H,1-2H3,(H,23,27)/b10-8+. The van der Waals surface area contributed by atoms with Crippen LogP contribution < -0.4 is 10.1 Å². The van der Waals surface area contributed by atoms with Gasteiger partial charge in [0.2, 0.25) is 5.91 Å². The number of para-hydroxylation sites is 1. The monoisotopic (exact) mass is 403 g/mol. The van der Waals surface area contributed by atoms with Crippen LogP contribution in [0.15, 0.2) is 54.7 Å². The van der Waals surface area contributed by atoms with Gasteiger partial charge in [-0.05, 0) is 36.4 Å². The number of hydrogen-bond donors (Lipinski definition) is 1. The van der Waals surface area contributed by atoms with Crippen molar-refractivity contribution in [2.75, 3.05) is 19.5 Å². The summed E-state index contributed by atoms with van der Waals surface area (Å²) in [5, 5.41) is 11.7. The first kappa shape index (κ1) is 19.1. The van der Waals surface area contributed by atoms with E-state index in [9.17, 15) is 9.59 Å². The molecule has 150 valence electrons. The summed E-state index contributed by atoms with van der Waals surface area (Å²) in [6.45, 7) is 0. The molecule has 4 aromatic rings. The normalized spacial score (nSPS) is 11.1. The van der Waals surface area contributed by atoms with Gasteiger partial charge in [0.05, 0.1) is 31.0 Å². The predicted octanol–water partition coefficient (Wildman–Crippen LogP) is 2.72. The number of benzene rings is 2. The van der Waals surface area contributed by atoms with E-state index < -0.39 is 11.9 Å². The summed E-state index contributed by atoms with van der Waals surface area (Å²) in [5.41, 5.74) is 2.37. The van der Waals surface area contributed by atoms with Crippen LogP contribution in [-0.2, 0) is 9.53 Å². The lowest BCUT2D eigenvalue weighted by atomic mass is 10.2. The highest BCUT2D eigenvalue weighted by Crippen LogP contribution is 2.21. The lowest BCUT2D eigenvalue weighted by Crippen LogP contribution is -2.12. The van der Waals surface area contributed by atoms with Gasteiger partial charge in [0.25, 0.3) is 0 Å². The number of methoxy groups -OCH3 is 2. The number of fused-ring (bicyclic) bond motifs is 3. The number of carbonyl (C=O) groups excluding carboxylic acids is 2. The molecule has 4 rings (SSSR count). The lowest BCUT2D eigenvalue weighted by molar-refractivity contribution is -0.111. The fourth-order valence-corrected chi connectivity index (χ4v) is 2.98. The number of ether oxygens (including phenoxy) is 2. The highest BCUT2D eigenvalue weighted by atomic mass is 16.5. The van der Waals surface area contributed by atoms with E-state index in [-0.39, 0.29) is 5.56 Å². The minimum Gasteiger partial charge on any atom is -0.497 e. The van der Waals surface area contributed by atoms with Crippen molar-refractivity contribution in [3.8, 4) is 5.75 Å². The molecule has 0 radical (unpaired) electrons. The fraction of sp³-hybridized carbons (Fsp3) is 0.0952. The minimum atomic E-state index is -0.535. The number of hydrogen-bond acceptors (Lipinski definition) is 7. The molecule has 2 aromatic carbocycles. The summed E-state index contributed by atoms with van der Waals surface area (Å²) < 4.78 is 11.6. The fourth-order valence-electron chi connectivity index (χ4n) is 2.98. The van der Waals surface area contributed by atoms with E-state index in [1.807, 2.05) is 18.2 Å². The third kappa shape index (κ3) is 3.55. The number of esters is 1. The Kier molecular flexibility index (Phi) is 5.08. The maximum Gasteiger partial charge on any atom is 0.339 e. The molecule has 0 atom stereocenters. The first-order valence-electron chi connectivity index (χ1n) is 8.95. The molecule has 0 saturated heterocycles. The Balaban J connectivity index is 1.59. The second-order valence-corrected chi connectivity index (χ2v) is 6.25. The van der Waals surface area contributed by atoms with Crippen molar-refractivity contribution >= 4 is 40.2 Å². The van der Waals surface area contributed by atoms with Gasteiger partial charge >= 0.3 is 5.97 Å². The molecule has 0 aliphatic heterocycles. The van der Waals surface area contributed by atoms with E-state index in [0.29, 0.717) is 22.8 Å². The second kappa shape index (κ2) is 8.00. The van der Waals surface area contributed by atoms with Crippen molar-refractivity contribution in [2.45, 2.75) is 0 Å². The molecule has 1 amide bonds. The summed E-state index contributed by atoms with van der Waals surface area (Å²) in [4.78, 5) is 28.6. The lowest BCUT2D eigenvalue weighted by Gasteiger charge is -2.07. The van der Waals surface area contributed by atoms with E-state index in [1.54, 1.807) is 42.1 Å². The Labute approximate surface area is 170 Å². The summed E-state index contributed by atoms with van der Waals surface area (Å²) in [7, 11) is 2.88. The number of carbonyl (C=O) groups is 2. The quantitative estimate of drug-likeness (QED) is 0.403. The van der Waals surface area contributed by atoms with E-state index in [1.165, 1.54) is 19.3 Å². The molecule has 0 unspecified atom stereocenters. The van der Waals surface area contributed by atoms with Crippen LogP contribution >= 0.6 is 0 Å². The molecule has 1 N–H and O–H groups in total. The molecule has 30 heavy (non-hydrogen) atoms. The maximum absolute atomic E-state index is 12.4. The van der Waals surface area contributed by atoms with E-state index in [2.05, 4.69) is 20.6 Å². The van der Waals surface area contributed by atoms with E-state index in [4.69, 9.17) is 9.47 Å². The number of rotatable bonds is 5. The molecule has 0 bridgehead atoms. The average Bonchev–Trinajstić information content (AvgIpc) is 3.20. The van der Waals surface area contributed by atoms with E-state index >= 15 is 0 Å². The van der Waals surface area contributed by atoms with Crippen LogP contribution in [0.25, 0.3) is 22.6 Å². The minimum absolute atomic E-state index is 0.263. The zero-order valence-electron chi connectivity index (χ0n) is 16.2. The molecule has 9 nitrogen and oxygen atoms in total. The van der Waals surface area contributed by atoms with Gasteiger partial charge in [-0.1, -0.05) is 17.3 Å². The van der Waals surface area contributed by atoms with Crippen LogP contribution in [0.4, 0.5) is 5.69 Å². The smallest absolute Gasteiger partial charge is 0.339 e. The van der Waals surface area contributed by atoms with Crippen LogP contribution in [0.3, 0.4) is 0 Å². The molecule has 0 aliphatic rings. The van der Waals surface area contributed by atoms with Gasteiger partial charge in [-0.3, -0.25) is 4.79 Å². The Morgan fingerprint density at radius 2 is 1.97 bits per heavy atom. The topological polar surface area (TPSA) is 108 Å². The highest BCUT2D eigenvalue weighted by molar-refractivity contribution is 6.06. The molecule has 2 aromatic heterocycles. The molecule has 0 spiro atoms. The van der Waals surface area contributed by atoms with Crippen molar-refractivity contribution in [1.82, 2.24) is 19.8 Å². The molecule has 9 heteroatoms. The molecular formula is C21H17N5O4. The van der Waals surface area contributed by atoms with Crippen molar-refractivity contribution in [3.63, 3.8) is 0 Å². The molecule has 0 fully saturated rings. The SMILES string of the molecule is COC(=O)c1ccccc1NC(=O)/C=C/c1nnn2c1ncc1cc(OC)ccc12. The Bertz CT molecular complexity index is 1300. The number of nitrogens with one attached hydrogen (secondary N) is 1. The van der Waals surface area contributed by atoms with Gasteiger partial charge in [-0.15, -0.1) is 5.10 Å². The first-order valence-corrected chi connectivity index (χ1v) is 8.95. The van der Waals surface area contributed by atoms with Gasteiger partial charge in [0.15, 0.2) is 5.65 Å². The van der Waals surface area contributed by atoms with Gasteiger partial charge in [-0.2, -0.15) is 4.52 Å². The van der Waals surface area contributed by atoms with Gasteiger partial charge < -0.3 is 14.8 Å². The zero-order chi connectivity index (χ0) is 21.1. The number of anilines is 1. The Morgan fingerprint density at radius 3 is 2.77 bits per heavy atom.